The number of hydrogen-bond donors (Lipinski definition) is 5. The molecule has 18 nitrogen and oxygen atoms in total. The Labute approximate surface area is 228 Å². The minimum absolute atomic E-state index is 0.00239. The van der Waals surface area contributed by atoms with Gasteiger partial charge in [-0.05, 0) is 11.8 Å². The van der Waals surface area contributed by atoms with Crippen molar-refractivity contribution in [1.29, 1.82) is 0 Å². The molecule has 6 unspecified atom stereocenters. The number of hydrogen-bond acceptors (Lipinski definition) is 15. The number of nitrogens with two attached hydrogens (primary N) is 2. The minimum Gasteiger partial charge on any atom is -0.387 e. The first-order chi connectivity index (χ1) is 19.2. The monoisotopic (exact) mass is 594 g/mol. The summed E-state index contributed by atoms with van der Waals surface area (Å²) in [6.07, 6.45) is -1.74. The lowest BCUT2D eigenvalue weighted by atomic mass is 10.1. The quantitative estimate of drug-likeness (QED) is 0.169. The van der Waals surface area contributed by atoms with Gasteiger partial charge >= 0.3 is 6.72 Å². The van der Waals surface area contributed by atoms with E-state index in [0.717, 1.165) is 0 Å². The zero-order valence-electron chi connectivity index (χ0n) is 20.4. The standard InChI is InChI=1S/C20H23N10O8PS/c21-15-11-16(24-4-23-15)29(5-25-11)10-1-7-8(36-10)3-35-39(33,40)38-14-13(31)9(2-34-7)37-19(14)30-6-26-12-17(30)27-20(22)28-18(12)32/h4-10,13-14,19,31H,1-3H2,(H,33,40)(H2,21,23,24)(H3,22,27,28,32)/t7-,8?,9?,10-,13?,14?,19?,39?/m1/s1. The Balaban J connectivity index is 1.18. The number of aliphatic hydroxyl groups excluding tert-OH is 1. The summed E-state index contributed by atoms with van der Waals surface area (Å²) < 4.78 is 33.0. The second-order valence-corrected chi connectivity index (χ2v) is 12.3. The number of nitrogen functional groups attached to an aromatic ring is 2. The smallest absolute Gasteiger partial charge is 0.325 e. The second kappa shape index (κ2) is 9.47. The number of aliphatic hydroxyl groups is 1. The highest BCUT2D eigenvalue weighted by molar-refractivity contribution is 8.07. The summed E-state index contributed by atoms with van der Waals surface area (Å²) in [6, 6.07) is 0. The Morgan fingerprint density at radius 2 is 1.82 bits per heavy atom. The molecule has 40 heavy (non-hydrogen) atoms. The molecule has 0 saturated carbocycles. The Morgan fingerprint density at radius 1 is 1.02 bits per heavy atom. The summed E-state index contributed by atoms with van der Waals surface area (Å²) in [5, 5.41) is 11.2. The van der Waals surface area contributed by atoms with Crippen LogP contribution in [-0.2, 0) is 35.1 Å². The van der Waals surface area contributed by atoms with Crippen LogP contribution in [0.1, 0.15) is 18.9 Å². The molecule has 3 fully saturated rings. The predicted molar refractivity (Wildman–Crippen MR) is 138 cm³/mol. The first-order valence-electron chi connectivity index (χ1n) is 12.1. The van der Waals surface area contributed by atoms with E-state index in [9.17, 15) is 14.8 Å². The summed E-state index contributed by atoms with van der Waals surface area (Å²) in [5.74, 6) is 0.0983. The van der Waals surface area contributed by atoms with Crippen molar-refractivity contribution in [2.75, 3.05) is 24.7 Å². The van der Waals surface area contributed by atoms with Gasteiger partial charge in [-0.25, -0.2) is 19.9 Å². The molecule has 0 spiro atoms. The first kappa shape index (κ1) is 25.8. The Hall–Kier alpha value is -3.13. The van der Waals surface area contributed by atoms with Gasteiger partial charge in [-0.1, -0.05) is 0 Å². The molecule has 7 N–H and O–H groups in total. The van der Waals surface area contributed by atoms with Crippen LogP contribution in [0.4, 0.5) is 11.8 Å². The number of imidazole rings is 2. The van der Waals surface area contributed by atoms with E-state index in [1.54, 1.807) is 10.9 Å². The number of anilines is 2. The molecule has 7 rings (SSSR count). The minimum atomic E-state index is -3.95. The van der Waals surface area contributed by atoms with Crippen LogP contribution in [0, 0.1) is 0 Å². The van der Waals surface area contributed by atoms with E-state index in [0.29, 0.717) is 17.6 Å². The number of ether oxygens (including phenoxy) is 3. The molecular formula is C20H23N10O8PS. The van der Waals surface area contributed by atoms with Crippen molar-refractivity contribution in [2.24, 2.45) is 0 Å². The molecule has 4 aromatic heterocycles. The maximum absolute atomic E-state index is 12.3. The van der Waals surface area contributed by atoms with Crippen molar-refractivity contribution in [3.05, 3.63) is 29.3 Å². The molecule has 8 atom stereocenters. The highest BCUT2D eigenvalue weighted by Gasteiger charge is 2.50. The zero-order valence-corrected chi connectivity index (χ0v) is 22.1. The number of H-pyrrole nitrogens is 1. The van der Waals surface area contributed by atoms with Crippen molar-refractivity contribution in [1.82, 2.24) is 39.0 Å². The number of aromatic nitrogens is 8. The molecule has 0 amide bonds. The average molecular weight is 595 g/mol. The molecule has 0 aromatic carbocycles. The van der Waals surface area contributed by atoms with E-state index in [2.05, 4.69) is 29.9 Å². The van der Waals surface area contributed by atoms with Crippen LogP contribution in [0.2, 0.25) is 0 Å². The molecule has 20 heteroatoms. The van der Waals surface area contributed by atoms with E-state index in [1.165, 1.54) is 17.2 Å². The summed E-state index contributed by atoms with van der Waals surface area (Å²) in [4.78, 5) is 46.3. The van der Waals surface area contributed by atoms with E-state index in [1.807, 2.05) is 0 Å². The number of rotatable bonds is 2. The van der Waals surface area contributed by atoms with Crippen molar-refractivity contribution in [2.45, 2.75) is 49.4 Å². The molecule has 0 radical (unpaired) electrons. The predicted octanol–water partition coefficient (Wildman–Crippen LogP) is -1.31. The molecule has 212 valence electrons. The fraction of sp³-hybridized carbons (Fsp3) is 0.500. The van der Waals surface area contributed by atoms with Gasteiger partial charge in [0, 0.05) is 6.42 Å². The number of fused-ring (bicyclic) bond motifs is 5. The third-order valence-corrected chi connectivity index (χ3v) is 8.61. The van der Waals surface area contributed by atoms with E-state index in [4.69, 9.17) is 46.5 Å². The van der Waals surface area contributed by atoms with Crippen LogP contribution in [-0.4, -0.2) is 92.8 Å². The number of aromatic amines is 1. The van der Waals surface area contributed by atoms with Crippen molar-refractivity contribution >= 4 is 52.6 Å². The van der Waals surface area contributed by atoms with Gasteiger partial charge in [0.05, 0.1) is 32.0 Å². The van der Waals surface area contributed by atoms with Crippen LogP contribution in [0.25, 0.3) is 22.3 Å². The molecule has 4 aromatic rings. The van der Waals surface area contributed by atoms with Crippen LogP contribution < -0.4 is 17.0 Å². The molecule has 7 heterocycles. The van der Waals surface area contributed by atoms with Gasteiger partial charge in [-0.15, -0.1) is 0 Å². The molecule has 0 aliphatic carbocycles. The Bertz CT molecular complexity index is 1710. The van der Waals surface area contributed by atoms with Crippen molar-refractivity contribution in [3.63, 3.8) is 0 Å². The highest BCUT2D eigenvalue weighted by Crippen LogP contribution is 2.51. The summed E-state index contributed by atoms with van der Waals surface area (Å²) in [6.45, 7) is -4.16. The van der Waals surface area contributed by atoms with Gasteiger partial charge < -0.3 is 40.2 Å². The SMILES string of the molecule is Nc1nc2c(ncn2C2OC3CO[C@@H]4C[C@H](n5cnc6c(N)ncnc65)OC4COP(O)(=S)OC2C3O)c(=O)[nH]1. The summed E-state index contributed by atoms with van der Waals surface area (Å²) >= 11 is 5.27. The fourth-order valence-corrected chi connectivity index (χ4v) is 6.58. The normalized spacial score (nSPS) is 34.7. The third kappa shape index (κ3) is 4.26. The van der Waals surface area contributed by atoms with E-state index < -0.39 is 55.3 Å². The maximum Gasteiger partial charge on any atom is 0.325 e. The first-order valence-corrected chi connectivity index (χ1v) is 14.7. The maximum atomic E-state index is 12.3. The van der Waals surface area contributed by atoms with Crippen LogP contribution in [0.15, 0.2) is 23.8 Å². The van der Waals surface area contributed by atoms with E-state index in [-0.39, 0.29) is 36.1 Å². The van der Waals surface area contributed by atoms with Crippen LogP contribution in [0.5, 0.6) is 0 Å². The molecular weight excluding hydrogens is 571 g/mol. The van der Waals surface area contributed by atoms with Gasteiger partial charge in [-0.3, -0.25) is 23.4 Å². The van der Waals surface area contributed by atoms with Gasteiger partial charge in [0.1, 0.15) is 42.5 Å². The van der Waals surface area contributed by atoms with E-state index >= 15 is 0 Å². The molecule has 3 aliphatic rings. The lowest BCUT2D eigenvalue weighted by molar-refractivity contribution is -0.103. The largest absolute Gasteiger partial charge is 0.387 e. The van der Waals surface area contributed by atoms with Crippen LogP contribution in [0.3, 0.4) is 0 Å². The summed E-state index contributed by atoms with van der Waals surface area (Å²) in [7, 11) is 0. The lowest BCUT2D eigenvalue weighted by Crippen LogP contribution is -2.36. The third-order valence-electron chi connectivity index (χ3n) is 7.05. The van der Waals surface area contributed by atoms with Gasteiger partial charge in [0.2, 0.25) is 5.95 Å². The fourth-order valence-electron chi connectivity index (χ4n) is 5.17. The zero-order chi connectivity index (χ0) is 27.8. The van der Waals surface area contributed by atoms with Gasteiger partial charge in [0.15, 0.2) is 28.9 Å². The molecule has 3 saturated heterocycles. The Morgan fingerprint density at radius 3 is 2.67 bits per heavy atom. The lowest BCUT2D eigenvalue weighted by Gasteiger charge is -2.27. The Kier molecular flexibility index (Phi) is 6.11. The highest BCUT2D eigenvalue weighted by atomic mass is 32.5. The molecule has 2 bridgehead atoms. The molecule has 3 aliphatic heterocycles. The average Bonchev–Trinajstić information content (AvgIpc) is 3.67. The topological polar surface area (TPSA) is 246 Å². The van der Waals surface area contributed by atoms with Gasteiger partial charge in [-0.2, -0.15) is 4.98 Å². The number of nitrogens with one attached hydrogen (secondary N) is 1. The number of nitrogens with zero attached hydrogens (tertiary/aromatic N) is 7. The second-order valence-electron chi connectivity index (χ2n) is 9.48. The summed E-state index contributed by atoms with van der Waals surface area (Å²) in [5.41, 5.74) is 12.1. The van der Waals surface area contributed by atoms with Gasteiger partial charge in [0.25, 0.3) is 5.56 Å². The van der Waals surface area contributed by atoms with Crippen molar-refractivity contribution in [3.8, 4) is 0 Å². The van der Waals surface area contributed by atoms with Crippen molar-refractivity contribution < 1.29 is 33.3 Å². The van der Waals surface area contributed by atoms with Crippen LogP contribution >= 0.6 is 6.72 Å².